The maximum Gasteiger partial charge on any atom is 0.141 e. The van der Waals surface area contributed by atoms with E-state index in [1.807, 2.05) is 25.4 Å². The summed E-state index contributed by atoms with van der Waals surface area (Å²) in [6.07, 6.45) is 5.77. The number of pyridine rings is 1. The highest BCUT2D eigenvalue weighted by Gasteiger charge is 2.30. The second-order valence-electron chi connectivity index (χ2n) is 5.71. The highest BCUT2D eigenvalue weighted by molar-refractivity contribution is 5.80. The number of aryl methyl sites for hydroxylation is 1. The maximum atomic E-state index is 9.07. The molecule has 1 saturated carbocycles. The minimum Gasteiger partial charge on any atom is -0.349 e. The first-order valence-electron chi connectivity index (χ1n) is 6.71. The molecular formula is C15H18N4. The summed E-state index contributed by atoms with van der Waals surface area (Å²) < 4.78 is 2.07. The molecule has 1 aliphatic carbocycles. The minimum absolute atomic E-state index is 0.271. The van der Waals surface area contributed by atoms with Crippen molar-refractivity contribution in [3.63, 3.8) is 0 Å². The number of hydrogen-bond donors (Lipinski definition) is 1. The van der Waals surface area contributed by atoms with E-state index in [4.69, 9.17) is 5.26 Å². The summed E-state index contributed by atoms with van der Waals surface area (Å²) >= 11 is 0. The number of aromatic nitrogens is 2. The first-order chi connectivity index (χ1) is 9.11. The lowest BCUT2D eigenvalue weighted by atomic mass is 9.78. The third-order valence-electron chi connectivity index (χ3n) is 4.18. The van der Waals surface area contributed by atoms with Crippen LogP contribution in [-0.4, -0.2) is 15.1 Å². The topological polar surface area (TPSA) is 53.6 Å². The lowest BCUT2D eigenvalue weighted by Gasteiger charge is -2.39. The van der Waals surface area contributed by atoms with Crippen LogP contribution in [0.15, 0.2) is 18.3 Å². The van der Waals surface area contributed by atoms with E-state index in [0.29, 0.717) is 5.69 Å². The van der Waals surface area contributed by atoms with Crippen molar-refractivity contribution in [3.8, 4) is 6.07 Å². The van der Waals surface area contributed by atoms with Crippen LogP contribution in [0.1, 0.15) is 37.4 Å². The molecule has 1 fully saturated rings. The summed E-state index contributed by atoms with van der Waals surface area (Å²) in [6.45, 7) is 3.06. The van der Waals surface area contributed by atoms with Crippen molar-refractivity contribution in [2.75, 3.05) is 0 Å². The van der Waals surface area contributed by atoms with Crippen molar-refractivity contribution in [2.24, 2.45) is 7.05 Å². The molecule has 1 N–H and O–H groups in total. The molecule has 0 saturated heterocycles. The Morgan fingerprint density at radius 2 is 2.32 bits per heavy atom. The molecule has 0 radical (unpaired) electrons. The van der Waals surface area contributed by atoms with Crippen molar-refractivity contribution in [2.45, 2.75) is 38.3 Å². The molecule has 2 heterocycles. The summed E-state index contributed by atoms with van der Waals surface area (Å²) in [6, 6.07) is 6.01. The van der Waals surface area contributed by atoms with Gasteiger partial charge in [-0.05, 0) is 43.9 Å². The smallest absolute Gasteiger partial charge is 0.141 e. The van der Waals surface area contributed by atoms with Crippen LogP contribution in [0.3, 0.4) is 0 Å². The first-order valence-corrected chi connectivity index (χ1v) is 6.71. The monoisotopic (exact) mass is 254 g/mol. The summed E-state index contributed by atoms with van der Waals surface area (Å²) in [5.41, 5.74) is 3.94. The number of nitrogens with one attached hydrogen (secondary N) is 1. The predicted octanol–water partition coefficient (Wildman–Crippen LogP) is 2.48. The van der Waals surface area contributed by atoms with Crippen LogP contribution in [0, 0.1) is 11.3 Å². The standard InChI is InChI=1S/C15H18N4/c1-15(5-3-6-15)17-10-11-8-12(9-16)18-13-4-7-19(2)14(11)13/h4,7-8,17H,3,5-6,10H2,1-2H3. The third kappa shape index (κ3) is 2.11. The van der Waals surface area contributed by atoms with E-state index in [0.717, 1.165) is 23.1 Å². The number of nitrogens with zero attached hydrogens (tertiary/aromatic N) is 3. The van der Waals surface area contributed by atoms with Crippen LogP contribution in [0.2, 0.25) is 0 Å². The number of fused-ring (bicyclic) bond motifs is 1. The molecule has 0 amide bonds. The lowest BCUT2D eigenvalue weighted by Crippen LogP contribution is -2.47. The highest BCUT2D eigenvalue weighted by atomic mass is 15.0. The number of rotatable bonds is 3. The van der Waals surface area contributed by atoms with Crippen molar-refractivity contribution in [3.05, 3.63) is 29.6 Å². The van der Waals surface area contributed by atoms with Crippen LogP contribution in [0.4, 0.5) is 0 Å². The van der Waals surface area contributed by atoms with Gasteiger partial charge in [0.05, 0.1) is 11.0 Å². The van der Waals surface area contributed by atoms with Crippen LogP contribution < -0.4 is 5.32 Å². The van der Waals surface area contributed by atoms with E-state index >= 15 is 0 Å². The van der Waals surface area contributed by atoms with Crippen molar-refractivity contribution >= 4 is 11.0 Å². The van der Waals surface area contributed by atoms with Crippen LogP contribution >= 0.6 is 0 Å². The Labute approximate surface area is 113 Å². The fraction of sp³-hybridized carbons (Fsp3) is 0.467. The SMILES string of the molecule is Cn1ccc2nc(C#N)cc(CNC3(C)CCC3)c21. The van der Waals surface area contributed by atoms with Gasteiger partial charge in [-0.2, -0.15) is 5.26 Å². The molecule has 98 valence electrons. The molecule has 0 aliphatic heterocycles. The van der Waals surface area contributed by atoms with Gasteiger partial charge >= 0.3 is 0 Å². The zero-order chi connectivity index (χ0) is 13.5. The average molecular weight is 254 g/mol. The third-order valence-corrected chi connectivity index (χ3v) is 4.18. The Morgan fingerprint density at radius 1 is 1.53 bits per heavy atom. The van der Waals surface area contributed by atoms with E-state index in [1.54, 1.807) is 0 Å². The van der Waals surface area contributed by atoms with Gasteiger partial charge in [-0.3, -0.25) is 0 Å². The van der Waals surface area contributed by atoms with E-state index < -0.39 is 0 Å². The Kier molecular flexibility index (Phi) is 2.79. The fourth-order valence-corrected chi connectivity index (χ4v) is 2.78. The fourth-order valence-electron chi connectivity index (χ4n) is 2.78. The van der Waals surface area contributed by atoms with Crippen LogP contribution in [0.25, 0.3) is 11.0 Å². The Morgan fingerprint density at radius 3 is 2.95 bits per heavy atom. The largest absolute Gasteiger partial charge is 0.349 e. The van der Waals surface area contributed by atoms with Crippen LogP contribution in [-0.2, 0) is 13.6 Å². The zero-order valence-corrected chi connectivity index (χ0v) is 11.4. The molecule has 1 aliphatic rings. The zero-order valence-electron chi connectivity index (χ0n) is 11.4. The number of nitriles is 1. The quantitative estimate of drug-likeness (QED) is 0.915. The molecule has 4 nitrogen and oxygen atoms in total. The summed E-state index contributed by atoms with van der Waals surface area (Å²) in [5, 5.41) is 12.7. The molecule has 0 spiro atoms. The molecule has 19 heavy (non-hydrogen) atoms. The molecule has 0 aromatic carbocycles. The predicted molar refractivity (Wildman–Crippen MR) is 74.5 cm³/mol. The van der Waals surface area contributed by atoms with Gasteiger partial charge in [0.15, 0.2) is 0 Å². The molecular weight excluding hydrogens is 236 g/mol. The Balaban J connectivity index is 1.96. The molecule has 0 atom stereocenters. The van der Waals surface area contributed by atoms with Crippen LogP contribution in [0.5, 0.6) is 0 Å². The maximum absolute atomic E-state index is 9.07. The van der Waals surface area contributed by atoms with Gasteiger partial charge in [0.1, 0.15) is 11.8 Å². The van der Waals surface area contributed by atoms with Gasteiger partial charge in [-0.15, -0.1) is 0 Å². The second-order valence-corrected chi connectivity index (χ2v) is 5.71. The molecule has 3 rings (SSSR count). The van der Waals surface area contributed by atoms with E-state index in [1.165, 1.54) is 19.3 Å². The van der Waals surface area contributed by atoms with Gasteiger partial charge in [-0.1, -0.05) is 0 Å². The normalized spacial score (nSPS) is 17.1. The van der Waals surface area contributed by atoms with Crippen molar-refractivity contribution < 1.29 is 0 Å². The molecule has 0 bridgehead atoms. The lowest BCUT2D eigenvalue weighted by molar-refractivity contribution is 0.207. The summed E-state index contributed by atoms with van der Waals surface area (Å²) in [7, 11) is 2.02. The van der Waals surface area contributed by atoms with Gasteiger partial charge in [0, 0.05) is 25.3 Å². The summed E-state index contributed by atoms with van der Waals surface area (Å²) in [5.74, 6) is 0. The molecule has 2 aromatic rings. The van der Waals surface area contributed by atoms with Gasteiger partial charge in [0.25, 0.3) is 0 Å². The van der Waals surface area contributed by atoms with Gasteiger partial charge in [0.2, 0.25) is 0 Å². The highest BCUT2D eigenvalue weighted by Crippen LogP contribution is 2.31. The first kappa shape index (κ1) is 12.2. The molecule has 4 heteroatoms. The Bertz CT molecular complexity index is 659. The van der Waals surface area contributed by atoms with Gasteiger partial charge in [-0.25, -0.2) is 4.98 Å². The number of hydrogen-bond acceptors (Lipinski definition) is 3. The Hall–Kier alpha value is -1.86. The average Bonchev–Trinajstić information content (AvgIpc) is 2.75. The second kappa shape index (κ2) is 4.36. The van der Waals surface area contributed by atoms with E-state index in [2.05, 4.69) is 27.9 Å². The summed E-state index contributed by atoms with van der Waals surface area (Å²) in [4.78, 5) is 4.34. The van der Waals surface area contributed by atoms with Crippen molar-refractivity contribution in [1.29, 1.82) is 5.26 Å². The van der Waals surface area contributed by atoms with E-state index in [-0.39, 0.29) is 5.54 Å². The van der Waals surface area contributed by atoms with E-state index in [9.17, 15) is 0 Å². The van der Waals surface area contributed by atoms with Gasteiger partial charge < -0.3 is 9.88 Å². The molecule has 2 aromatic heterocycles. The van der Waals surface area contributed by atoms with Crippen molar-refractivity contribution in [1.82, 2.24) is 14.9 Å². The molecule has 0 unspecified atom stereocenters. The minimum atomic E-state index is 0.271.